The molecule has 1 aliphatic heterocycles. The maximum atomic E-state index is 11.7. The number of hydrogen-bond acceptors (Lipinski definition) is 2. The second-order valence-corrected chi connectivity index (χ2v) is 5.28. The zero-order valence-electron chi connectivity index (χ0n) is 9.21. The van der Waals surface area contributed by atoms with E-state index < -0.39 is 0 Å². The van der Waals surface area contributed by atoms with Gasteiger partial charge in [-0.1, -0.05) is 33.6 Å². The molecule has 1 atom stereocenters. The molecule has 1 aromatic carbocycles. The minimum Gasteiger partial charge on any atom is -0.368 e. The Bertz CT molecular complexity index is 419. The zero-order valence-corrected chi connectivity index (χ0v) is 11.6. The molecule has 1 aliphatic rings. The Hall–Kier alpha value is -0.580. The summed E-state index contributed by atoms with van der Waals surface area (Å²) in [6, 6.07) is 5.61. The zero-order chi connectivity index (χ0) is 12.3. The molecule has 0 radical (unpaired) electrons. The van der Waals surface area contributed by atoms with Crippen molar-refractivity contribution in [3.63, 3.8) is 0 Å². The van der Waals surface area contributed by atoms with E-state index in [9.17, 15) is 4.79 Å². The van der Waals surface area contributed by atoms with Gasteiger partial charge < -0.3 is 10.1 Å². The van der Waals surface area contributed by atoms with Crippen LogP contribution in [0, 0.1) is 0 Å². The van der Waals surface area contributed by atoms with Gasteiger partial charge in [-0.2, -0.15) is 0 Å². The predicted molar refractivity (Wildman–Crippen MR) is 70.0 cm³/mol. The van der Waals surface area contributed by atoms with Crippen LogP contribution in [0.3, 0.4) is 0 Å². The van der Waals surface area contributed by atoms with Crippen molar-refractivity contribution in [2.75, 3.05) is 6.61 Å². The SMILES string of the molecule is O=C(NCc1ccc(Br)cc1Cl)C1CCCO1. The van der Waals surface area contributed by atoms with Crippen molar-refractivity contribution in [2.45, 2.75) is 25.5 Å². The number of benzene rings is 1. The number of ether oxygens (including phenoxy) is 1. The molecule has 1 aromatic rings. The Morgan fingerprint density at radius 1 is 1.59 bits per heavy atom. The van der Waals surface area contributed by atoms with Crippen molar-refractivity contribution in [3.05, 3.63) is 33.3 Å². The maximum Gasteiger partial charge on any atom is 0.249 e. The van der Waals surface area contributed by atoms with E-state index in [0.717, 1.165) is 22.9 Å². The fourth-order valence-corrected chi connectivity index (χ4v) is 2.49. The summed E-state index contributed by atoms with van der Waals surface area (Å²) in [5.41, 5.74) is 0.904. The van der Waals surface area contributed by atoms with Crippen LogP contribution in [0.25, 0.3) is 0 Å². The lowest BCUT2D eigenvalue weighted by Crippen LogP contribution is -2.33. The Morgan fingerprint density at radius 2 is 2.41 bits per heavy atom. The summed E-state index contributed by atoms with van der Waals surface area (Å²) in [5.74, 6) is -0.0542. The van der Waals surface area contributed by atoms with Crippen molar-refractivity contribution in [2.24, 2.45) is 0 Å². The normalized spacial score (nSPS) is 19.3. The van der Waals surface area contributed by atoms with Crippen LogP contribution in [-0.4, -0.2) is 18.6 Å². The Balaban J connectivity index is 1.90. The van der Waals surface area contributed by atoms with Crippen LogP contribution in [0.15, 0.2) is 22.7 Å². The third kappa shape index (κ3) is 3.44. The molecule has 3 nitrogen and oxygen atoms in total. The monoisotopic (exact) mass is 317 g/mol. The highest BCUT2D eigenvalue weighted by atomic mass is 79.9. The van der Waals surface area contributed by atoms with Gasteiger partial charge in [0.15, 0.2) is 0 Å². The van der Waals surface area contributed by atoms with Crippen molar-refractivity contribution in [3.8, 4) is 0 Å². The Labute approximate surface area is 114 Å². The molecule has 1 saturated heterocycles. The van der Waals surface area contributed by atoms with Gasteiger partial charge >= 0.3 is 0 Å². The summed E-state index contributed by atoms with van der Waals surface area (Å²) in [6.45, 7) is 1.11. The Kier molecular flexibility index (Phi) is 4.42. The molecule has 0 saturated carbocycles. The quantitative estimate of drug-likeness (QED) is 0.930. The van der Waals surface area contributed by atoms with E-state index in [1.54, 1.807) is 0 Å². The summed E-state index contributed by atoms with van der Waals surface area (Å²) in [6.07, 6.45) is 1.47. The van der Waals surface area contributed by atoms with Crippen molar-refractivity contribution in [1.82, 2.24) is 5.32 Å². The highest BCUT2D eigenvalue weighted by molar-refractivity contribution is 9.10. The van der Waals surface area contributed by atoms with Gasteiger partial charge in [0.2, 0.25) is 5.91 Å². The van der Waals surface area contributed by atoms with E-state index in [-0.39, 0.29) is 12.0 Å². The van der Waals surface area contributed by atoms with Crippen LogP contribution in [0.1, 0.15) is 18.4 Å². The van der Waals surface area contributed by atoms with Crippen molar-refractivity contribution >= 4 is 33.4 Å². The van der Waals surface area contributed by atoms with E-state index in [2.05, 4.69) is 21.2 Å². The number of carbonyl (C=O) groups excluding carboxylic acids is 1. The molecule has 1 heterocycles. The van der Waals surface area contributed by atoms with Gasteiger partial charge in [-0.25, -0.2) is 0 Å². The molecular weight excluding hydrogens is 305 g/mol. The molecule has 92 valence electrons. The first-order valence-electron chi connectivity index (χ1n) is 5.50. The van der Waals surface area contributed by atoms with E-state index in [0.29, 0.717) is 18.2 Å². The fraction of sp³-hybridized carbons (Fsp3) is 0.417. The highest BCUT2D eigenvalue weighted by Gasteiger charge is 2.23. The summed E-state index contributed by atoms with van der Waals surface area (Å²) >= 11 is 9.40. The van der Waals surface area contributed by atoms with Crippen LogP contribution < -0.4 is 5.32 Å². The molecule has 1 fully saturated rings. The molecule has 1 unspecified atom stereocenters. The molecule has 0 aromatic heterocycles. The van der Waals surface area contributed by atoms with E-state index in [1.807, 2.05) is 18.2 Å². The van der Waals surface area contributed by atoms with E-state index in [1.165, 1.54) is 0 Å². The number of amides is 1. The highest BCUT2D eigenvalue weighted by Crippen LogP contribution is 2.21. The maximum absolute atomic E-state index is 11.7. The smallest absolute Gasteiger partial charge is 0.249 e. The number of rotatable bonds is 3. The second kappa shape index (κ2) is 5.85. The lowest BCUT2D eigenvalue weighted by molar-refractivity contribution is -0.130. The summed E-state index contributed by atoms with van der Waals surface area (Å²) in [4.78, 5) is 11.7. The van der Waals surface area contributed by atoms with Crippen LogP contribution in [0.4, 0.5) is 0 Å². The third-order valence-electron chi connectivity index (χ3n) is 2.69. The molecule has 0 spiro atoms. The molecule has 0 bridgehead atoms. The van der Waals surface area contributed by atoms with E-state index in [4.69, 9.17) is 16.3 Å². The lowest BCUT2D eigenvalue weighted by atomic mass is 10.2. The fourth-order valence-electron chi connectivity index (χ4n) is 1.75. The molecule has 2 rings (SSSR count). The van der Waals surface area contributed by atoms with E-state index >= 15 is 0 Å². The first-order chi connectivity index (χ1) is 8.16. The molecule has 0 aliphatic carbocycles. The number of nitrogens with one attached hydrogen (secondary N) is 1. The standard InChI is InChI=1S/C12H13BrClNO2/c13-9-4-3-8(10(14)6-9)7-15-12(16)11-2-1-5-17-11/h3-4,6,11H,1-2,5,7H2,(H,15,16). The second-order valence-electron chi connectivity index (χ2n) is 3.96. The summed E-state index contributed by atoms with van der Waals surface area (Å²) < 4.78 is 6.23. The largest absolute Gasteiger partial charge is 0.368 e. The van der Waals surface area contributed by atoms with Gasteiger partial charge in [-0.3, -0.25) is 4.79 Å². The third-order valence-corrected chi connectivity index (χ3v) is 3.54. The van der Waals surface area contributed by atoms with Gasteiger partial charge in [-0.05, 0) is 30.5 Å². The number of halogens is 2. The van der Waals surface area contributed by atoms with Crippen LogP contribution in [-0.2, 0) is 16.1 Å². The first-order valence-corrected chi connectivity index (χ1v) is 6.67. The molecule has 17 heavy (non-hydrogen) atoms. The molecule has 1 N–H and O–H groups in total. The van der Waals surface area contributed by atoms with Crippen LogP contribution in [0.5, 0.6) is 0 Å². The lowest BCUT2D eigenvalue weighted by Gasteiger charge is -2.11. The topological polar surface area (TPSA) is 38.3 Å². The van der Waals surface area contributed by atoms with Crippen molar-refractivity contribution in [1.29, 1.82) is 0 Å². The Morgan fingerprint density at radius 3 is 3.06 bits per heavy atom. The predicted octanol–water partition coefficient (Wildman–Crippen LogP) is 2.90. The minimum atomic E-state index is -0.288. The van der Waals surface area contributed by atoms with Gasteiger partial charge in [0.1, 0.15) is 6.10 Å². The molecule has 5 heteroatoms. The van der Waals surface area contributed by atoms with Gasteiger partial charge in [0.05, 0.1) is 0 Å². The van der Waals surface area contributed by atoms with Crippen LogP contribution >= 0.6 is 27.5 Å². The van der Waals surface area contributed by atoms with Gasteiger partial charge in [0.25, 0.3) is 0 Å². The minimum absolute atomic E-state index is 0.0542. The molecule has 1 amide bonds. The summed E-state index contributed by atoms with van der Waals surface area (Å²) in [5, 5.41) is 3.48. The molecular formula is C12H13BrClNO2. The van der Waals surface area contributed by atoms with Gasteiger partial charge in [0, 0.05) is 22.6 Å². The first kappa shape index (κ1) is 12.9. The average molecular weight is 319 g/mol. The number of hydrogen-bond donors (Lipinski definition) is 1. The number of carbonyl (C=O) groups is 1. The van der Waals surface area contributed by atoms with Crippen LogP contribution in [0.2, 0.25) is 5.02 Å². The average Bonchev–Trinajstić information content (AvgIpc) is 2.81. The van der Waals surface area contributed by atoms with Crippen molar-refractivity contribution < 1.29 is 9.53 Å². The van der Waals surface area contributed by atoms with Gasteiger partial charge in [-0.15, -0.1) is 0 Å². The summed E-state index contributed by atoms with van der Waals surface area (Å²) in [7, 11) is 0.